The fraction of sp³-hybridized carbons (Fsp3) is 0.267. The SMILES string of the molecule is COc1ccc(C(CNC(=O)CN(Cc2ccc(C(N)=O)cc2)C2CC2)c2c[nH]c3ccccc23)cc1. The van der Waals surface area contributed by atoms with Crippen LogP contribution in [0.15, 0.2) is 79.0 Å². The Morgan fingerprint density at radius 2 is 1.78 bits per heavy atom. The van der Waals surface area contributed by atoms with Crippen LogP contribution in [0.2, 0.25) is 0 Å². The lowest BCUT2D eigenvalue weighted by Gasteiger charge is -2.23. The summed E-state index contributed by atoms with van der Waals surface area (Å²) >= 11 is 0. The van der Waals surface area contributed by atoms with Gasteiger partial charge in [0.15, 0.2) is 0 Å². The highest BCUT2D eigenvalue weighted by molar-refractivity contribution is 5.92. The van der Waals surface area contributed by atoms with E-state index in [1.54, 1.807) is 19.2 Å². The number of carbonyl (C=O) groups excluding carboxylic acids is 2. The van der Waals surface area contributed by atoms with Crippen molar-refractivity contribution in [3.05, 3.63) is 101 Å². The van der Waals surface area contributed by atoms with Gasteiger partial charge in [0.25, 0.3) is 0 Å². The summed E-state index contributed by atoms with van der Waals surface area (Å²) in [4.78, 5) is 30.1. The van der Waals surface area contributed by atoms with E-state index in [2.05, 4.69) is 39.5 Å². The Bertz CT molecular complexity index is 1370. The van der Waals surface area contributed by atoms with Gasteiger partial charge >= 0.3 is 0 Å². The zero-order valence-corrected chi connectivity index (χ0v) is 20.9. The van der Waals surface area contributed by atoms with Gasteiger partial charge in [-0.05, 0) is 59.9 Å². The van der Waals surface area contributed by atoms with Crippen LogP contribution in [0.4, 0.5) is 0 Å². The first-order valence-electron chi connectivity index (χ1n) is 12.6. The molecule has 1 aromatic heterocycles. The predicted molar refractivity (Wildman–Crippen MR) is 145 cm³/mol. The van der Waals surface area contributed by atoms with Crippen LogP contribution < -0.4 is 15.8 Å². The molecule has 7 nitrogen and oxygen atoms in total. The van der Waals surface area contributed by atoms with Crippen LogP contribution in [-0.4, -0.2) is 47.9 Å². The summed E-state index contributed by atoms with van der Waals surface area (Å²) in [5.41, 5.74) is 10.2. The third-order valence-corrected chi connectivity index (χ3v) is 7.05. The first-order valence-corrected chi connectivity index (χ1v) is 12.6. The minimum absolute atomic E-state index is 0.000918. The van der Waals surface area contributed by atoms with Crippen LogP contribution in [0.3, 0.4) is 0 Å². The Kier molecular flexibility index (Phi) is 7.23. The Hall–Kier alpha value is -4.10. The standard InChI is InChI=1S/C30H32N4O3/c1-37-24-14-10-21(11-15-24)26(27-17-32-28-5-3-2-4-25(27)28)16-33-29(35)19-34(23-12-13-23)18-20-6-8-22(9-7-20)30(31)36/h2-11,14-15,17,23,26,32H,12-13,16,18-19H2,1H3,(H2,31,36)(H,33,35). The molecule has 7 heteroatoms. The van der Waals surface area contributed by atoms with E-state index in [0.717, 1.165) is 46.2 Å². The molecule has 4 aromatic rings. The van der Waals surface area contributed by atoms with Crippen LogP contribution in [0.25, 0.3) is 10.9 Å². The summed E-state index contributed by atoms with van der Waals surface area (Å²) in [6, 6.07) is 24.0. The van der Waals surface area contributed by atoms with E-state index in [0.29, 0.717) is 31.2 Å². The molecule has 1 aliphatic carbocycles. The molecule has 1 fully saturated rings. The third-order valence-electron chi connectivity index (χ3n) is 7.05. The summed E-state index contributed by atoms with van der Waals surface area (Å²) in [7, 11) is 1.66. The zero-order valence-electron chi connectivity index (χ0n) is 20.9. The maximum Gasteiger partial charge on any atom is 0.248 e. The molecular formula is C30H32N4O3. The van der Waals surface area contributed by atoms with E-state index >= 15 is 0 Å². The lowest BCUT2D eigenvalue weighted by Crippen LogP contribution is -2.39. The molecule has 3 aromatic carbocycles. The van der Waals surface area contributed by atoms with Crippen LogP contribution in [0, 0.1) is 0 Å². The number of fused-ring (bicyclic) bond motifs is 1. The highest BCUT2D eigenvalue weighted by Gasteiger charge is 2.30. The van der Waals surface area contributed by atoms with E-state index in [1.807, 2.05) is 42.6 Å². The van der Waals surface area contributed by atoms with Gasteiger partial charge in [-0.1, -0.05) is 42.5 Å². The lowest BCUT2D eigenvalue weighted by molar-refractivity contribution is -0.122. The largest absolute Gasteiger partial charge is 0.497 e. The van der Waals surface area contributed by atoms with Crippen molar-refractivity contribution in [1.82, 2.24) is 15.2 Å². The number of rotatable bonds is 11. The molecule has 0 saturated heterocycles. The smallest absolute Gasteiger partial charge is 0.248 e. The van der Waals surface area contributed by atoms with Gasteiger partial charge in [-0.25, -0.2) is 0 Å². The van der Waals surface area contributed by atoms with Crippen LogP contribution in [0.5, 0.6) is 5.75 Å². The lowest BCUT2D eigenvalue weighted by atomic mass is 9.90. The van der Waals surface area contributed by atoms with Gasteiger partial charge in [-0.3, -0.25) is 14.5 Å². The maximum atomic E-state index is 13.1. The van der Waals surface area contributed by atoms with Crippen molar-refractivity contribution < 1.29 is 14.3 Å². The molecule has 190 valence electrons. The number of carbonyl (C=O) groups is 2. The van der Waals surface area contributed by atoms with Gasteiger partial charge in [0.1, 0.15) is 5.75 Å². The second-order valence-corrected chi connectivity index (χ2v) is 9.62. The number of aromatic amines is 1. The van der Waals surface area contributed by atoms with Gasteiger partial charge < -0.3 is 20.8 Å². The average molecular weight is 497 g/mol. The first kappa shape index (κ1) is 24.6. The molecule has 1 heterocycles. The molecule has 0 aliphatic heterocycles. The molecule has 1 saturated carbocycles. The highest BCUT2D eigenvalue weighted by atomic mass is 16.5. The number of nitrogens with two attached hydrogens (primary N) is 1. The number of benzene rings is 3. The number of ether oxygens (including phenoxy) is 1. The van der Waals surface area contributed by atoms with E-state index in [4.69, 9.17) is 10.5 Å². The number of hydrogen-bond donors (Lipinski definition) is 3. The van der Waals surface area contributed by atoms with Crippen molar-refractivity contribution in [1.29, 1.82) is 0 Å². The fourth-order valence-electron chi connectivity index (χ4n) is 4.84. The van der Waals surface area contributed by atoms with Gasteiger partial charge in [0, 0.05) is 47.7 Å². The fourth-order valence-corrected chi connectivity index (χ4v) is 4.84. The molecule has 0 spiro atoms. The molecule has 1 unspecified atom stereocenters. The summed E-state index contributed by atoms with van der Waals surface area (Å²) in [5, 5.41) is 4.35. The van der Waals surface area contributed by atoms with Crippen molar-refractivity contribution in [2.75, 3.05) is 20.2 Å². The minimum Gasteiger partial charge on any atom is -0.497 e. The van der Waals surface area contributed by atoms with Crippen molar-refractivity contribution in [3.63, 3.8) is 0 Å². The molecule has 1 atom stereocenters. The Labute approximate surface area is 216 Å². The monoisotopic (exact) mass is 496 g/mol. The van der Waals surface area contributed by atoms with Crippen molar-refractivity contribution in [2.24, 2.45) is 5.73 Å². The predicted octanol–water partition coefficient (Wildman–Crippen LogP) is 4.19. The quantitative estimate of drug-likeness (QED) is 0.290. The third kappa shape index (κ3) is 5.84. The molecule has 5 rings (SSSR count). The average Bonchev–Trinajstić information content (AvgIpc) is 3.69. The zero-order chi connectivity index (χ0) is 25.8. The number of nitrogens with zero attached hydrogens (tertiary/aromatic N) is 1. The normalized spacial score (nSPS) is 14.0. The van der Waals surface area contributed by atoms with E-state index in [9.17, 15) is 9.59 Å². The van der Waals surface area contributed by atoms with Gasteiger partial charge in [-0.15, -0.1) is 0 Å². The molecule has 1 aliphatic rings. The second-order valence-electron chi connectivity index (χ2n) is 9.62. The van der Waals surface area contributed by atoms with E-state index in [1.165, 1.54) is 0 Å². The minimum atomic E-state index is -0.438. The van der Waals surface area contributed by atoms with Crippen LogP contribution in [0.1, 0.15) is 45.8 Å². The van der Waals surface area contributed by atoms with E-state index < -0.39 is 5.91 Å². The Morgan fingerprint density at radius 3 is 2.46 bits per heavy atom. The molecule has 4 N–H and O–H groups in total. The molecule has 37 heavy (non-hydrogen) atoms. The first-order chi connectivity index (χ1) is 18.0. The molecule has 0 radical (unpaired) electrons. The van der Waals surface area contributed by atoms with E-state index in [-0.39, 0.29) is 11.8 Å². The van der Waals surface area contributed by atoms with Crippen LogP contribution >= 0.6 is 0 Å². The topological polar surface area (TPSA) is 100 Å². The Balaban J connectivity index is 1.29. The van der Waals surface area contributed by atoms with Gasteiger partial charge in [0.05, 0.1) is 13.7 Å². The second kappa shape index (κ2) is 10.9. The summed E-state index contributed by atoms with van der Waals surface area (Å²) < 4.78 is 5.34. The number of methoxy groups -OCH3 is 1. The highest BCUT2D eigenvalue weighted by Crippen LogP contribution is 2.32. The number of hydrogen-bond acceptors (Lipinski definition) is 4. The number of H-pyrrole nitrogens is 1. The molecular weight excluding hydrogens is 464 g/mol. The summed E-state index contributed by atoms with van der Waals surface area (Å²) in [6.45, 7) is 1.46. The number of aromatic nitrogens is 1. The van der Waals surface area contributed by atoms with Crippen molar-refractivity contribution in [3.8, 4) is 5.75 Å². The Morgan fingerprint density at radius 1 is 1.05 bits per heavy atom. The number of para-hydroxylation sites is 1. The summed E-state index contributed by atoms with van der Waals surface area (Å²) in [5.74, 6) is 0.349. The van der Waals surface area contributed by atoms with Crippen molar-refractivity contribution >= 4 is 22.7 Å². The summed E-state index contributed by atoms with van der Waals surface area (Å²) in [6.07, 6.45) is 4.23. The number of amides is 2. The van der Waals surface area contributed by atoms with Crippen LogP contribution in [-0.2, 0) is 11.3 Å². The number of nitrogens with one attached hydrogen (secondary N) is 2. The number of primary amides is 1. The molecule has 0 bridgehead atoms. The molecule has 2 amide bonds. The van der Waals surface area contributed by atoms with Gasteiger partial charge in [0.2, 0.25) is 11.8 Å². The maximum absolute atomic E-state index is 13.1. The van der Waals surface area contributed by atoms with Gasteiger partial charge in [-0.2, -0.15) is 0 Å². The van der Waals surface area contributed by atoms with Crippen molar-refractivity contribution in [2.45, 2.75) is 31.3 Å².